The van der Waals surface area contributed by atoms with Crippen LogP contribution in [0.25, 0.3) is 0 Å². The van der Waals surface area contributed by atoms with Crippen molar-refractivity contribution in [1.82, 2.24) is 4.72 Å². The second-order valence-corrected chi connectivity index (χ2v) is 5.68. The lowest BCUT2D eigenvalue weighted by Crippen LogP contribution is -2.27. The predicted molar refractivity (Wildman–Crippen MR) is 75.7 cm³/mol. The maximum Gasteiger partial charge on any atom is 0.383 e. The van der Waals surface area contributed by atoms with Gasteiger partial charge in [-0.1, -0.05) is 42.0 Å². The molecule has 0 bridgehead atoms. The zero-order valence-corrected chi connectivity index (χ0v) is 11.7. The lowest BCUT2D eigenvalue weighted by molar-refractivity contribution is 0.422. The van der Waals surface area contributed by atoms with Crippen LogP contribution in [0, 0.1) is 6.92 Å². The van der Waals surface area contributed by atoms with E-state index in [9.17, 15) is 13.5 Å². The molecule has 0 aliphatic carbocycles. The first kappa shape index (κ1) is 14.4. The smallest absolute Gasteiger partial charge is 0.383 e. The molecule has 0 aliphatic rings. The van der Waals surface area contributed by atoms with Crippen molar-refractivity contribution in [3.63, 3.8) is 0 Å². The summed E-state index contributed by atoms with van der Waals surface area (Å²) in [7, 11) is -3.98. The molecule has 0 atom stereocenters. The number of benzene rings is 2. The number of para-hydroxylation sites is 2. The number of rotatable bonds is 5. The van der Waals surface area contributed by atoms with E-state index in [4.69, 9.17) is 4.18 Å². The second kappa shape index (κ2) is 5.94. The highest BCUT2D eigenvalue weighted by atomic mass is 32.2. The van der Waals surface area contributed by atoms with Crippen LogP contribution < -0.4 is 8.91 Å². The molecule has 6 heteroatoms. The average Bonchev–Trinajstić information content (AvgIpc) is 2.41. The van der Waals surface area contributed by atoms with E-state index in [0.717, 1.165) is 11.1 Å². The number of hydrogen-bond acceptors (Lipinski definition) is 4. The van der Waals surface area contributed by atoms with E-state index in [0.29, 0.717) is 0 Å². The SMILES string of the molecule is Cc1ccc(CNS(=O)(=O)Oc2ccccc2O)cc1. The monoisotopic (exact) mass is 293 g/mol. The van der Waals surface area contributed by atoms with Crippen molar-refractivity contribution in [3.8, 4) is 11.5 Å². The molecule has 0 radical (unpaired) electrons. The van der Waals surface area contributed by atoms with Crippen molar-refractivity contribution in [2.24, 2.45) is 0 Å². The Bertz CT molecular complexity index is 681. The zero-order chi connectivity index (χ0) is 14.6. The van der Waals surface area contributed by atoms with E-state index in [2.05, 4.69) is 4.72 Å². The standard InChI is InChI=1S/C14H15NO4S/c1-11-6-8-12(9-7-11)10-15-20(17,18)19-14-5-3-2-4-13(14)16/h2-9,15-16H,10H2,1H3. The van der Waals surface area contributed by atoms with Crippen LogP contribution in [-0.4, -0.2) is 13.5 Å². The van der Waals surface area contributed by atoms with Crippen molar-refractivity contribution >= 4 is 10.3 Å². The van der Waals surface area contributed by atoms with Crippen LogP contribution in [0.3, 0.4) is 0 Å². The third-order valence-electron chi connectivity index (χ3n) is 2.64. The molecular formula is C14H15NO4S. The van der Waals surface area contributed by atoms with Crippen LogP contribution in [0.5, 0.6) is 11.5 Å². The molecule has 2 N–H and O–H groups in total. The number of hydrogen-bond donors (Lipinski definition) is 2. The van der Waals surface area contributed by atoms with Gasteiger partial charge < -0.3 is 9.29 Å². The van der Waals surface area contributed by atoms with Gasteiger partial charge in [0.25, 0.3) is 0 Å². The van der Waals surface area contributed by atoms with Crippen LogP contribution in [0.15, 0.2) is 48.5 Å². The molecule has 20 heavy (non-hydrogen) atoms. The van der Waals surface area contributed by atoms with Gasteiger partial charge in [0.2, 0.25) is 0 Å². The first-order valence-corrected chi connectivity index (χ1v) is 7.40. The molecule has 0 saturated carbocycles. The molecular weight excluding hydrogens is 278 g/mol. The van der Waals surface area contributed by atoms with Crippen molar-refractivity contribution in [1.29, 1.82) is 0 Å². The molecule has 0 spiro atoms. The van der Waals surface area contributed by atoms with Crippen LogP contribution in [0.1, 0.15) is 11.1 Å². The first-order chi connectivity index (χ1) is 9.46. The van der Waals surface area contributed by atoms with Crippen LogP contribution in [0.2, 0.25) is 0 Å². The fourth-order valence-corrected chi connectivity index (χ4v) is 2.33. The number of aromatic hydroxyl groups is 1. The average molecular weight is 293 g/mol. The predicted octanol–water partition coefficient (Wildman–Crippen LogP) is 2.11. The van der Waals surface area contributed by atoms with Crippen molar-refractivity contribution in [2.75, 3.05) is 0 Å². The van der Waals surface area contributed by atoms with Gasteiger partial charge in [0.15, 0.2) is 11.5 Å². The Labute approximate surface area is 118 Å². The van der Waals surface area contributed by atoms with E-state index >= 15 is 0 Å². The van der Waals surface area contributed by atoms with Gasteiger partial charge in [-0.05, 0) is 24.6 Å². The minimum absolute atomic E-state index is 0.107. The van der Waals surface area contributed by atoms with Crippen molar-refractivity contribution in [3.05, 3.63) is 59.7 Å². The van der Waals surface area contributed by atoms with Gasteiger partial charge in [-0.2, -0.15) is 13.1 Å². The van der Waals surface area contributed by atoms with Crippen LogP contribution in [-0.2, 0) is 16.8 Å². The zero-order valence-electron chi connectivity index (χ0n) is 10.9. The molecule has 2 aromatic rings. The number of nitrogens with one attached hydrogen (secondary N) is 1. The minimum atomic E-state index is -3.98. The Morgan fingerprint density at radius 1 is 1.10 bits per heavy atom. The molecule has 5 nitrogen and oxygen atoms in total. The fourth-order valence-electron chi connectivity index (χ4n) is 1.55. The van der Waals surface area contributed by atoms with Gasteiger partial charge in [0, 0.05) is 6.54 Å². The van der Waals surface area contributed by atoms with E-state index in [1.165, 1.54) is 12.1 Å². The largest absolute Gasteiger partial charge is 0.504 e. The molecule has 0 unspecified atom stereocenters. The van der Waals surface area contributed by atoms with Gasteiger partial charge >= 0.3 is 10.3 Å². The molecule has 2 rings (SSSR count). The lowest BCUT2D eigenvalue weighted by Gasteiger charge is -2.09. The molecule has 2 aromatic carbocycles. The summed E-state index contributed by atoms with van der Waals surface area (Å²) in [6.45, 7) is 2.07. The normalized spacial score (nSPS) is 11.2. The van der Waals surface area contributed by atoms with Crippen molar-refractivity contribution in [2.45, 2.75) is 13.5 Å². The minimum Gasteiger partial charge on any atom is -0.504 e. The van der Waals surface area contributed by atoms with E-state index in [-0.39, 0.29) is 18.0 Å². The molecule has 0 fully saturated rings. The van der Waals surface area contributed by atoms with Gasteiger partial charge in [-0.25, -0.2) is 0 Å². The van der Waals surface area contributed by atoms with E-state index in [1.54, 1.807) is 12.1 Å². The maximum atomic E-state index is 11.7. The summed E-state index contributed by atoms with van der Waals surface area (Å²) < 4.78 is 30.6. The highest BCUT2D eigenvalue weighted by Gasteiger charge is 2.14. The van der Waals surface area contributed by atoms with Gasteiger partial charge in [0.05, 0.1) is 0 Å². The van der Waals surface area contributed by atoms with Crippen LogP contribution >= 0.6 is 0 Å². The highest BCUT2D eigenvalue weighted by molar-refractivity contribution is 7.85. The summed E-state index contributed by atoms with van der Waals surface area (Å²) >= 11 is 0. The Balaban J connectivity index is 2.01. The Hall–Kier alpha value is -2.05. The Morgan fingerprint density at radius 3 is 2.40 bits per heavy atom. The summed E-state index contributed by atoms with van der Waals surface area (Å²) in [4.78, 5) is 0. The molecule has 106 valence electrons. The molecule has 0 saturated heterocycles. The molecule has 0 aromatic heterocycles. The summed E-state index contributed by atoms with van der Waals surface area (Å²) in [6, 6.07) is 13.3. The maximum absolute atomic E-state index is 11.7. The molecule has 0 aliphatic heterocycles. The second-order valence-electron chi connectivity index (χ2n) is 4.31. The highest BCUT2D eigenvalue weighted by Crippen LogP contribution is 2.25. The fraction of sp³-hybridized carbons (Fsp3) is 0.143. The third-order valence-corrected chi connectivity index (χ3v) is 3.54. The number of aryl methyl sites for hydroxylation is 1. The van der Waals surface area contributed by atoms with Crippen molar-refractivity contribution < 1.29 is 17.7 Å². The van der Waals surface area contributed by atoms with Gasteiger partial charge in [0.1, 0.15) is 0 Å². The summed E-state index contributed by atoms with van der Waals surface area (Å²) in [6.07, 6.45) is 0. The third kappa shape index (κ3) is 3.97. The van der Waals surface area contributed by atoms with E-state index in [1.807, 2.05) is 31.2 Å². The van der Waals surface area contributed by atoms with Gasteiger partial charge in [-0.15, -0.1) is 0 Å². The molecule has 0 amide bonds. The Kier molecular flexibility index (Phi) is 4.26. The van der Waals surface area contributed by atoms with E-state index < -0.39 is 10.3 Å². The Morgan fingerprint density at radius 2 is 1.75 bits per heavy atom. The van der Waals surface area contributed by atoms with Crippen LogP contribution in [0.4, 0.5) is 0 Å². The molecule has 0 heterocycles. The summed E-state index contributed by atoms with van der Waals surface area (Å²) in [5.41, 5.74) is 1.92. The summed E-state index contributed by atoms with van der Waals surface area (Å²) in [5.74, 6) is -0.336. The topological polar surface area (TPSA) is 75.6 Å². The summed E-state index contributed by atoms with van der Waals surface area (Å²) in [5, 5.41) is 9.47. The number of phenols is 1. The number of phenolic OH excluding ortho intramolecular Hbond substituents is 1. The quantitative estimate of drug-likeness (QED) is 0.885. The lowest BCUT2D eigenvalue weighted by atomic mass is 10.2. The first-order valence-electron chi connectivity index (χ1n) is 5.99. The van der Waals surface area contributed by atoms with Gasteiger partial charge in [-0.3, -0.25) is 0 Å².